The normalized spacial score (nSPS) is 19.3. The number of hydrogen-bond donors (Lipinski definition) is 3. The SMILES string of the molecule is CNC(=O)NC1CCN(CCN)CC1. The average molecular weight is 200 g/mol. The zero-order valence-corrected chi connectivity index (χ0v) is 8.75. The molecule has 1 aliphatic heterocycles. The van der Waals surface area contributed by atoms with Crippen LogP contribution in [0.5, 0.6) is 0 Å². The fourth-order valence-electron chi connectivity index (χ4n) is 1.74. The van der Waals surface area contributed by atoms with Crippen molar-refractivity contribution in [2.75, 3.05) is 33.2 Å². The molecule has 0 aliphatic carbocycles. The van der Waals surface area contributed by atoms with Crippen LogP contribution in [-0.2, 0) is 0 Å². The molecule has 0 spiro atoms. The number of piperidine rings is 1. The monoisotopic (exact) mass is 200 g/mol. The zero-order valence-electron chi connectivity index (χ0n) is 8.75. The van der Waals surface area contributed by atoms with Crippen LogP contribution < -0.4 is 16.4 Å². The first-order chi connectivity index (χ1) is 6.76. The number of nitrogens with two attached hydrogens (primary N) is 1. The lowest BCUT2D eigenvalue weighted by Gasteiger charge is -2.31. The molecule has 5 nitrogen and oxygen atoms in total. The summed E-state index contributed by atoms with van der Waals surface area (Å²) in [6.45, 7) is 3.75. The first kappa shape index (κ1) is 11.3. The molecule has 0 radical (unpaired) electrons. The predicted molar refractivity (Wildman–Crippen MR) is 56.1 cm³/mol. The molecule has 82 valence electrons. The molecule has 0 aromatic carbocycles. The van der Waals surface area contributed by atoms with Crippen molar-refractivity contribution in [2.24, 2.45) is 5.73 Å². The third-order valence-corrected chi connectivity index (χ3v) is 2.60. The Bertz CT molecular complexity index is 178. The molecule has 1 heterocycles. The number of carbonyl (C=O) groups excluding carboxylic acids is 1. The van der Waals surface area contributed by atoms with Gasteiger partial charge in [0, 0.05) is 39.3 Å². The molecule has 1 fully saturated rings. The highest BCUT2D eigenvalue weighted by Crippen LogP contribution is 2.09. The highest BCUT2D eigenvalue weighted by Gasteiger charge is 2.19. The lowest BCUT2D eigenvalue weighted by Crippen LogP contribution is -2.47. The van der Waals surface area contributed by atoms with Gasteiger partial charge in [-0.2, -0.15) is 0 Å². The smallest absolute Gasteiger partial charge is 0.314 e. The molecule has 0 saturated carbocycles. The van der Waals surface area contributed by atoms with Gasteiger partial charge in [-0.25, -0.2) is 4.79 Å². The molecule has 0 unspecified atom stereocenters. The number of urea groups is 1. The van der Waals surface area contributed by atoms with Gasteiger partial charge in [-0.15, -0.1) is 0 Å². The predicted octanol–water partition coefficient (Wildman–Crippen LogP) is -0.661. The molecule has 0 bridgehead atoms. The minimum absolute atomic E-state index is 0.0812. The van der Waals surface area contributed by atoms with Crippen molar-refractivity contribution < 1.29 is 4.79 Å². The van der Waals surface area contributed by atoms with Crippen LogP contribution in [0.3, 0.4) is 0 Å². The standard InChI is InChI=1S/C9H20N4O/c1-11-9(14)12-8-2-5-13(6-3-8)7-4-10/h8H,2-7,10H2,1H3,(H2,11,12,14). The largest absolute Gasteiger partial charge is 0.341 e. The van der Waals surface area contributed by atoms with Crippen LogP contribution in [0.25, 0.3) is 0 Å². The van der Waals surface area contributed by atoms with E-state index in [1.807, 2.05) is 0 Å². The number of nitrogens with zero attached hydrogens (tertiary/aromatic N) is 1. The average Bonchev–Trinajstić information content (AvgIpc) is 2.21. The molecule has 5 heteroatoms. The van der Waals surface area contributed by atoms with Crippen molar-refractivity contribution in [1.29, 1.82) is 0 Å². The van der Waals surface area contributed by atoms with Gasteiger partial charge in [0.1, 0.15) is 0 Å². The summed E-state index contributed by atoms with van der Waals surface area (Å²) in [7, 11) is 1.64. The van der Waals surface area contributed by atoms with Crippen LogP contribution >= 0.6 is 0 Å². The Hall–Kier alpha value is -0.810. The van der Waals surface area contributed by atoms with Crippen molar-refractivity contribution in [3.8, 4) is 0 Å². The summed E-state index contributed by atoms with van der Waals surface area (Å²) in [6.07, 6.45) is 2.04. The second-order valence-corrected chi connectivity index (χ2v) is 3.63. The number of rotatable bonds is 3. The Kier molecular flexibility index (Phi) is 4.69. The summed E-state index contributed by atoms with van der Waals surface area (Å²) < 4.78 is 0. The third-order valence-electron chi connectivity index (χ3n) is 2.60. The van der Waals surface area contributed by atoms with Crippen LogP contribution in [0.1, 0.15) is 12.8 Å². The maximum Gasteiger partial charge on any atom is 0.314 e. The van der Waals surface area contributed by atoms with Gasteiger partial charge >= 0.3 is 6.03 Å². The lowest BCUT2D eigenvalue weighted by atomic mass is 10.1. The third kappa shape index (κ3) is 3.51. The van der Waals surface area contributed by atoms with Gasteiger partial charge in [0.05, 0.1) is 0 Å². The van der Waals surface area contributed by atoms with Crippen molar-refractivity contribution in [3.63, 3.8) is 0 Å². The number of nitrogens with one attached hydrogen (secondary N) is 2. The Morgan fingerprint density at radius 1 is 1.50 bits per heavy atom. The van der Waals surface area contributed by atoms with Crippen LogP contribution in [0.15, 0.2) is 0 Å². The van der Waals surface area contributed by atoms with Gasteiger partial charge in [-0.1, -0.05) is 0 Å². The second-order valence-electron chi connectivity index (χ2n) is 3.63. The zero-order chi connectivity index (χ0) is 10.4. The lowest BCUT2D eigenvalue weighted by molar-refractivity contribution is 0.196. The molecular formula is C9H20N4O. The van der Waals surface area contributed by atoms with Crippen LogP contribution in [0.4, 0.5) is 4.79 Å². The highest BCUT2D eigenvalue weighted by molar-refractivity contribution is 5.73. The van der Waals surface area contributed by atoms with Gasteiger partial charge < -0.3 is 21.3 Å². The Balaban J connectivity index is 2.18. The minimum Gasteiger partial charge on any atom is -0.341 e. The summed E-state index contributed by atoms with van der Waals surface area (Å²) in [5, 5.41) is 5.49. The molecule has 1 aliphatic rings. The minimum atomic E-state index is -0.0812. The van der Waals surface area contributed by atoms with Gasteiger partial charge in [-0.3, -0.25) is 0 Å². The molecule has 2 amide bonds. The summed E-state index contributed by atoms with van der Waals surface area (Å²) in [5.74, 6) is 0. The van der Waals surface area contributed by atoms with E-state index in [0.29, 0.717) is 12.6 Å². The second kappa shape index (κ2) is 5.82. The van der Waals surface area contributed by atoms with E-state index < -0.39 is 0 Å². The summed E-state index contributed by atoms with van der Waals surface area (Å²) in [5.41, 5.74) is 5.47. The van der Waals surface area contributed by atoms with Crippen LogP contribution in [0.2, 0.25) is 0 Å². The first-order valence-electron chi connectivity index (χ1n) is 5.17. The quantitative estimate of drug-likeness (QED) is 0.566. The van der Waals surface area contributed by atoms with E-state index in [9.17, 15) is 4.79 Å². The van der Waals surface area contributed by atoms with Crippen molar-refractivity contribution in [3.05, 3.63) is 0 Å². The van der Waals surface area contributed by atoms with E-state index in [0.717, 1.165) is 32.5 Å². The fraction of sp³-hybridized carbons (Fsp3) is 0.889. The summed E-state index contributed by atoms with van der Waals surface area (Å²) in [6, 6.07) is 0.242. The topological polar surface area (TPSA) is 70.4 Å². The maximum atomic E-state index is 11.0. The molecular weight excluding hydrogens is 180 g/mol. The van der Waals surface area contributed by atoms with Gasteiger partial charge in [0.2, 0.25) is 0 Å². The molecule has 1 rings (SSSR count). The van der Waals surface area contributed by atoms with Crippen molar-refractivity contribution >= 4 is 6.03 Å². The molecule has 0 aromatic heterocycles. The molecule has 14 heavy (non-hydrogen) atoms. The number of hydrogen-bond acceptors (Lipinski definition) is 3. The van der Waals surface area contributed by atoms with Gasteiger partial charge in [0.25, 0.3) is 0 Å². The van der Waals surface area contributed by atoms with E-state index >= 15 is 0 Å². The van der Waals surface area contributed by atoms with E-state index in [4.69, 9.17) is 5.73 Å². The van der Waals surface area contributed by atoms with Crippen molar-refractivity contribution in [2.45, 2.75) is 18.9 Å². The Morgan fingerprint density at radius 2 is 2.14 bits per heavy atom. The first-order valence-corrected chi connectivity index (χ1v) is 5.17. The molecule has 0 atom stereocenters. The van der Waals surface area contributed by atoms with E-state index in [1.165, 1.54) is 0 Å². The Labute approximate surface area is 85.0 Å². The van der Waals surface area contributed by atoms with Gasteiger partial charge in [-0.05, 0) is 12.8 Å². The van der Waals surface area contributed by atoms with E-state index in [2.05, 4.69) is 15.5 Å². The number of likely N-dealkylation sites (tertiary alicyclic amines) is 1. The maximum absolute atomic E-state index is 11.0. The summed E-state index contributed by atoms with van der Waals surface area (Å²) >= 11 is 0. The van der Waals surface area contributed by atoms with Gasteiger partial charge in [0.15, 0.2) is 0 Å². The molecule has 1 saturated heterocycles. The molecule has 0 aromatic rings. The summed E-state index contributed by atoms with van der Waals surface area (Å²) in [4.78, 5) is 13.4. The van der Waals surface area contributed by atoms with Crippen molar-refractivity contribution in [1.82, 2.24) is 15.5 Å². The van der Waals surface area contributed by atoms with Crippen LogP contribution in [0, 0.1) is 0 Å². The van der Waals surface area contributed by atoms with Crippen LogP contribution in [-0.4, -0.2) is 50.2 Å². The Morgan fingerprint density at radius 3 is 2.64 bits per heavy atom. The molecule has 4 N–H and O–H groups in total. The number of carbonyl (C=O) groups is 1. The van der Waals surface area contributed by atoms with E-state index in [1.54, 1.807) is 7.05 Å². The van der Waals surface area contributed by atoms with E-state index in [-0.39, 0.29) is 6.03 Å². The number of amides is 2. The highest BCUT2D eigenvalue weighted by atomic mass is 16.2. The fourth-order valence-corrected chi connectivity index (χ4v) is 1.74.